The van der Waals surface area contributed by atoms with Crippen LogP contribution in [0.25, 0.3) is 0 Å². The van der Waals surface area contributed by atoms with E-state index in [1.807, 2.05) is 19.9 Å². The second kappa shape index (κ2) is 7.40. The van der Waals surface area contributed by atoms with Gasteiger partial charge in [-0.1, -0.05) is 13.8 Å². The van der Waals surface area contributed by atoms with Crippen LogP contribution in [-0.2, 0) is 9.53 Å². The van der Waals surface area contributed by atoms with Gasteiger partial charge in [0.25, 0.3) is 0 Å². The second-order valence-electron chi connectivity index (χ2n) is 7.86. The number of nitrogens with zero attached hydrogens (tertiary/aromatic N) is 1. The van der Waals surface area contributed by atoms with E-state index in [0.29, 0.717) is 23.3 Å². The first-order valence-electron chi connectivity index (χ1n) is 9.16. The number of phenolic OH excluding ortho intramolecular Hbond substituents is 1. The summed E-state index contributed by atoms with van der Waals surface area (Å²) in [6.07, 6.45) is 0.707. The number of Topliss-reactive ketones (excluding diaryl/α,β-unsaturated/α-hetero) is 1. The molecular formula is C20H23N3O6. The number of quaternary nitrogens is 1. The number of benzene rings is 1. The minimum absolute atomic E-state index is 0.0151. The van der Waals surface area contributed by atoms with E-state index >= 15 is 0 Å². The number of nitriles is 1. The number of hydrogen-bond acceptors (Lipinski definition) is 8. The fourth-order valence-electron chi connectivity index (χ4n) is 3.84. The van der Waals surface area contributed by atoms with E-state index in [4.69, 9.17) is 15.2 Å². The zero-order valence-electron chi connectivity index (χ0n) is 16.4. The van der Waals surface area contributed by atoms with Crippen LogP contribution in [0.3, 0.4) is 0 Å². The lowest BCUT2D eigenvalue weighted by Crippen LogP contribution is -2.99. The van der Waals surface area contributed by atoms with Crippen molar-refractivity contribution in [3.8, 4) is 17.6 Å². The Morgan fingerprint density at radius 2 is 2.14 bits per heavy atom. The van der Waals surface area contributed by atoms with Gasteiger partial charge in [-0.2, -0.15) is 10.5 Å². The van der Waals surface area contributed by atoms with E-state index in [9.17, 15) is 25.6 Å². The van der Waals surface area contributed by atoms with Crippen molar-refractivity contribution in [3.63, 3.8) is 0 Å². The molecule has 0 spiro atoms. The quantitative estimate of drug-likeness (QED) is 0.439. The monoisotopic (exact) mass is 401 g/mol. The van der Waals surface area contributed by atoms with Crippen LogP contribution in [0.15, 0.2) is 34.9 Å². The Balaban J connectivity index is 2.26. The first kappa shape index (κ1) is 20.7. The molecule has 1 heterocycles. The van der Waals surface area contributed by atoms with E-state index in [-0.39, 0.29) is 47.1 Å². The number of carbonyl (C=O) groups excluding carboxylic acids is 1. The summed E-state index contributed by atoms with van der Waals surface area (Å²) in [5.41, 5.74) is 5.87. The van der Waals surface area contributed by atoms with Crippen LogP contribution in [0.2, 0.25) is 0 Å². The molecule has 29 heavy (non-hydrogen) atoms. The van der Waals surface area contributed by atoms with Gasteiger partial charge in [-0.25, -0.2) is 5.21 Å². The highest BCUT2D eigenvalue weighted by Crippen LogP contribution is 2.49. The maximum Gasteiger partial charge on any atom is 0.223 e. The molecule has 0 saturated heterocycles. The number of ether oxygens (including phenoxy) is 2. The Labute approximate surface area is 167 Å². The summed E-state index contributed by atoms with van der Waals surface area (Å²) < 4.78 is 11.0. The molecule has 1 aliphatic heterocycles. The lowest BCUT2D eigenvalue weighted by atomic mass is 9.70. The predicted octanol–water partition coefficient (Wildman–Crippen LogP) is 1.65. The number of phenols is 1. The third-order valence-corrected chi connectivity index (χ3v) is 5.04. The first-order valence-corrected chi connectivity index (χ1v) is 9.16. The van der Waals surface area contributed by atoms with Gasteiger partial charge in [0.1, 0.15) is 17.4 Å². The van der Waals surface area contributed by atoms with Crippen molar-refractivity contribution in [1.29, 1.82) is 5.26 Å². The van der Waals surface area contributed by atoms with E-state index in [1.54, 1.807) is 6.92 Å². The van der Waals surface area contributed by atoms with Crippen molar-refractivity contribution in [3.05, 3.63) is 45.7 Å². The molecule has 2 aliphatic rings. The molecular weight excluding hydrogens is 378 g/mol. The van der Waals surface area contributed by atoms with Gasteiger partial charge >= 0.3 is 0 Å². The molecule has 0 radical (unpaired) electrons. The Bertz CT molecular complexity index is 971. The van der Waals surface area contributed by atoms with Crippen LogP contribution in [-0.4, -0.2) is 22.7 Å². The topological polar surface area (TPSA) is 153 Å². The van der Waals surface area contributed by atoms with Crippen LogP contribution in [0, 0.1) is 22.0 Å². The van der Waals surface area contributed by atoms with E-state index in [2.05, 4.69) is 0 Å². The fraction of sp³-hybridized carbons (Fsp3) is 0.400. The van der Waals surface area contributed by atoms with Gasteiger partial charge in [0.15, 0.2) is 11.5 Å². The van der Waals surface area contributed by atoms with Gasteiger partial charge in [0.2, 0.25) is 17.3 Å². The molecule has 0 fully saturated rings. The number of nitrogens with one attached hydrogen (secondary N) is 1. The summed E-state index contributed by atoms with van der Waals surface area (Å²) in [4.78, 5) is 13.0. The number of nitrogens with two attached hydrogens (primary N) is 1. The number of rotatable bonds is 4. The lowest BCUT2D eigenvalue weighted by molar-refractivity contribution is -0.991. The normalized spacial score (nSPS) is 21.9. The van der Waals surface area contributed by atoms with Crippen LogP contribution < -0.4 is 15.7 Å². The van der Waals surface area contributed by atoms with Crippen molar-refractivity contribution in [2.24, 2.45) is 11.1 Å². The molecule has 2 unspecified atom stereocenters. The largest absolute Gasteiger partial charge is 0.595 e. The molecule has 3 rings (SSSR count). The smallest absolute Gasteiger partial charge is 0.223 e. The van der Waals surface area contributed by atoms with Gasteiger partial charge in [0, 0.05) is 24.5 Å². The average molecular weight is 401 g/mol. The highest BCUT2D eigenvalue weighted by atomic mass is 16.8. The maximum absolute atomic E-state index is 13.0. The van der Waals surface area contributed by atoms with Crippen LogP contribution in [0.1, 0.15) is 45.1 Å². The second-order valence-corrected chi connectivity index (χ2v) is 7.86. The third kappa shape index (κ3) is 3.65. The Hall–Kier alpha value is -3.06. The SMILES string of the molecule is CCOc1cc(C2C(C#N)=C(N)OC3=C2C(=O)CC(C)(C)C3)cc([NH+]([O-])O)c1O. The van der Waals surface area contributed by atoms with E-state index < -0.39 is 16.9 Å². The molecule has 0 amide bonds. The standard InChI is InChI=1S/C20H23N3O6/c1-4-28-14-6-10(5-12(18(14)25)23(26)27)16-11(9-21)19(22)29-15-8-20(2,3)7-13(24)17(15)16/h5-6,16,23,25-26H,4,7-8,22H2,1-3H3. The summed E-state index contributed by atoms with van der Waals surface area (Å²) in [7, 11) is 0. The molecule has 154 valence electrons. The minimum Gasteiger partial charge on any atom is -0.595 e. The zero-order valence-corrected chi connectivity index (χ0v) is 16.4. The number of ketones is 1. The highest BCUT2D eigenvalue weighted by Gasteiger charge is 2.43. The van der Waals surface area contributed by atoms with Crippen LogP contribution >= 0.6 is 0 Å². The molecule has 1 aromatic carbocycles. The van der Waals surface area contributed by atoms with Gasteiger partial charge in [-0.15, -0.1) is 0 Å². The number of allylic oxidation sites excluding steroid dienone is 3. The summed E-state index contributed by atoms with van der Waals surface area (Å²) in [6, 6.07) is 4.65. The van der Waals surface area contributed by atoms with Gasteiger partial charge < -0.3 is 25.5 Å². The van der Waals surface area contributed by atoms with Crippen molar-refractivity contribution >= 4 is 11.5 Å². The lowest BCUT2D eigenvalue weighted by Gasteiger charge is -2.37. The fourth-order valence-corrected chi connectivity index (χ4v) is 3.84. The summed E-state index contributed by atoms with van der Waals surface area (Å²) in [5.74, 6) is -1.39. The van der Waals surface area contributed by atoms with Crippen molar-refractivity contribution in [2.45, 2.75) is 39.5 Å². The maximum atomic E-state index is 13.0. The minimum atomic E-state index is -1.36. The van der Waals surface area contributed by atoms with Gasteiger partial charge in [0.05, 0.1) is 12.5 Å². The predicted molar refractivity (Wildman–Crippen MR) is 101 cm³/mol. The summed E-state index contributed by atoms with van der Waals surface area (Å²) >= 11 is 0. The molecule has 9 heteroatoms. The molecule has 0 bridgehead atoms. The number of hydrogen-bond donors (Lipinski definition) is 4. The van der Waals surface area contributed by atoms with Crippen LogP contribution in [0.4, 0.5) is 5.69 Å². The first-order chi connectivity index (χ1) is 13.6. The van der Waals surface area contributed by atoms with E-state index in [1.165, 1.54) is 12.1 Å². The molecule has 1 aliphatic carbocycles. The summed E-state index contributed by atoms with van der Waals surface area (Å²) in [6.45, 7) is 5.74. The molecule has 5 N–H and O–H groups in total. The Morgan fingerprint density at radius 1 is 1.45 bits per heavy atom. The molecule has 2 atom stereocenters. The van der Waals surface area contributed by atoms with Crippen molar-refractivity contribution in [1.82, 2.24) is 0 Å². The van der Waals surface area contributed by atoms with Crippen LogP contribution in [0.5, 0.6) is 11.5 Å². The van der Waals surface area contributed by atoms with E-state index in [0.717, 1.165) is 0 Å². The van der Waals surface area contributed by atoms with Crippen molar-refractivity contribution in [2.75, 3.05) is 6.61 Å². The molecule has 0 saturated carbocycles. The number of aromatic hydroxyl groups is 1. The summed E-state index contributed by atoms with van der Waals surface area (Å²) in [5, 5.41) is 39.7. The number of carbonyl (C=O) groups is 1. The molecule has 1 aromatic rings. The zero-order chi connectivity index (χ0) is 21.5. The molecule has 0 aromatic heterocycles. The highest BCUT2D eigenvalue weighted by molar-refractivity contribution is 6.00. The Kier molecular flexibility index (Phi) is 5.28. The third-order valence-electron chi connectivity index (χ3n) is 5.04. The van der Waals surface area contributed by atoms with Crippen molar-refractivity contribution < 1.29 is 29.8 Å². The van der Waals surface area contributed by atoms with Gasteiger partial charge in [-0.05, 0) is 24.0 Å². The average Bonchev–Trinajstić information content (AvgIpc) is 2.61. The Morgan fingerprint density at radius 3 is 2.72 bits per heavy atom. The van der Waals surface area contributed by atoms with Gasteiger partial charge in [-0.3, -0.25) is 4.79 Å². The molecule has 9 nitrogen and oxygen atoms in total.